The van der Waals surface area contributed by atoms with Crippen LogP contribution in [0.15, 0.2) is 30.9 Å². The van der Waals surface area contributed by atoms with Gasteiger partial charge in [-0.15, -0.1) is 0 Å². The topological polar surface area (TPSA) is 44.8 Å². The Labute approximate surface area is 237 Å². The van der Waals surface area contributed by atoms with Gasteiger partial charge < -0.3 is 18.4 Å². The van der Waals surface area contributed by atoms with Crippen LogP contribution in [0.5, 0.6) is 5.75 Å². The van der Waals surface area contributed by atoms with E-state index in [1.165, 1.54) is 19.3 Å². The zero-order valence-electron chi connectivity index (χ0n) is 26.2. The number of hydrogen-bond donors (Lipinski definition) is 0. The van der Waals surface area contributed by atoms with Crippen molar-refractivity contribution in [2.24, 2.45) is 5.92 Å². The van der Waals surface area contributed by atoms with Crippen LogP contribution in [0.4, 0.5) is 0 Å². The molecule has 6 heteroatoms. The van der Waals surface area contributed by atoms with E-state index in [0.717, 1.165) is 60.6 Å². The number of carbonyl (C=O) groups excluding carboxylic acids is 1. The van der Waals surface area contributed by atoms with Crippen LogP contribution in [0.25, 0.3) is 0 Å². The number of unbranched alkanes of at least 4 members (excludes halogenated alkanes) is 4. The fraction of sp³-hybridized carbons (Fsp3) is 0.719. The summed E-state index contributed by atoms with van der Waals surface area (Å²) in [6.07, 6.45) is 9.28. The molecule has 0 saturated heterocycles. The molecule has 0 saturated carbocycles. The molecular formula is C32H58O4Si2. The standard InChI is InChI=1S/C32H58O4Si2/c1-11-16-17-18-19-21-27(25-33)31(36-38(13-3,14-4)15-5)30-28(22-20-23-29(30)34-24-12-2)26-35-37(9,10)32(6,7)8/h12,20,22-23,25,27,31H,2,11,13-19,21,24,26H2,1,3-10H3/t27-,31-/m0/s1. The fourth-order valence-electron chi connectivity index (χ4n) is 4.69. The number of hydrogen-bond acceptors (Lipinski definition) is 4. The predicted octanol–water partition coefficient (Wildman–Crippen LogP) is 10.0. The van der Waals surface area contributed by atoms with Crippen LogP contribution < -0.4 is 4.74 Å². The van der Waals surface area contributed by atoms with Crippen LogP contribution >= 0.6 is 0 Å². The smallest absolute Gasteiger partial charge is 0.192 e. The van der Waals surface area contributed by atoms with E-state index in [2.05, 4.69) is 74.2 Å². The van der Waals surface area contributed by atoms with Gasteiger partial charge in [-0.2, -0.15) is 0 Å². The van der Waals surface area contributed by atoms with Gasteiger partial charge >= 0.3 is 0 Å². The maximum absolute atomic E-state index is 12.7. The summed E-state index contributed by atoms with van der Waals surface area (Å²) in [5, 5.41) is 0.110. The molecule has 0 aromatic heterocycles. The van der Waals surface area contributed by atoms with Gasteiger partial charge in [0.05, 0.1) is 12.7 Å². The molecule has 0 bridgehead atoms. The third-order valence-electron chi connectivity index (χ3n) is 8.71. The molecule has 0 aliphatic heterocycles. The molecule has 1 aromatic rings. The van der Waals surface area contributed by atoms with Gasteiger partial charge in [0.15, 0.2) is 16.6 Å². The molecule has 1 rings (SSSR count). The third kappa shape index (κ3) is 10.1. The first-order chi connectivity index (χ1) is 18.0. The monoisotopic (exact) mass is 562 g/mol. The zero-order chi connectivity index (χ0) is 28.8. The number of rotatable bonds is 20. The summed E-state index contributed by atoms with van der Waals surface area (Å²) in [6, 6.07) is 9.28. The molecule has 218 valence electrons. The highest BCUT2D eigenvalue weighted by Crippen LogP contribution is 2.43. The Balaban J connectivity index is 3.61. The first kappa shape index (κ1) is 34.8. The Bertz CT molecular complexity index is 819. The van der Waals surface area contributed by atoms with E-state index in [1.807, 2.05) is 12.1 Å². The van der Waals surface area contributed by atoms with E-state index >= 15 is 0 Å². The number of benzene rings is 1. The van der Waals surface area contributed by atoms with Crippen molar-refractivity contribution in [3.63, 3.8) is 0 Å². The Hall–Kier alpha value is -1.22. The highest BCUT2D eigenvalue weighted by atomic mass is 28.4. The van der Waals surface area contributed by atoms with Gasteiger partial charge in [-0.3, -0.25) is 0 Å². The Morgan fingerprint density at radius 3 is 2.13 bits per heavy atom. The molecule has 1 aromatic carbocycles. The van der Waals surface area contributed by atoms with Crippen LogP contribution in [0.3, 0.4) is 0 Å². The summed E-state index contributed by atoms with van der Waals surface area (Å²) >= 11 is 0. The van der Waals surface area contributed by atoms with Gasteiger partial charge in [0.25, 0.3) is 0 Å². The van der Waals surface area contributed by atoms with Crippen molar-refractivity contribution in [3.05, 3.63) is 42.0 Å². The molecule has 38 heavy (non-hydrogen) atoms. The van der Waals surface area contributed by atoms with Crippen LogP contribution in [0, 0.1) is 5.92 Å². The van der Waals surface area contributed by atoms with E-state index in [-0.39, 0.29) is 17.1 Å². The molecule has 0 radical (unpaired) electrons. The summed E-state index contributed by atoms with van der Waals surface area (Å²) in [5.41, 5.74) is 2.08. The summed E-state index contributed by atoms with van der Waals surface area (Å²) in [5.74, 6) is 0.573. The molecule has 0 unspecified atom stereocenters. The average molecular weight is 563 g/mol. The second kappa shape index (κ2) is 16.8. The lowest BCUT2D eigenvalue weighted by Gasteiger charge is -2.39. The lowest BCUT2D eigenvalue weighted by molar-refractivity contribution is -0.114. The molecule has 0 N–H and O–H groups in total. The summed E-state index contributed by atoms with van der Waals surface area (Å²) in [6.45, 7) is 25.1. The van der Waals surface area contributed by atoms with Crippen molar-refractivity contribution >= 4 is 22.9 Å². The van der Waals surface area contributed by atoms with Crippen molar-refractivity contribution in [2.45, 2.75) is 136 Å². The zero-order valence-corrected chi connectivity index (χ0v) is 28.2. The molecule has 0 amide bonds. The van der Waals surface area contributed by atoms with E-state index in [4.69, 9.17) is 13.6 Å². The molecule has 0 aliphatic carbocycles. The fourth-order valence-corrected chi connectivity index (χ4v) is 8.47. The van der Waals surface area contributed by atoms with Crippen molar-refractivity contribution in [3.8, 4) is 5.75 Å². The normalized spacial score (nSPS) is 14.2. The van der Waals surface area contributed by atoms with Crippen LogP contribution in [-0.2, 0) is 20.3 Å². The van der Waals surface area contributed by atoms with E-state index in [0.29, 0.717) is 13.2 Å². The van der Waals surface area contributed by atoms with Gasteiger partial charge in [0.1, 0.15) is 18.6 Å². The molecular weight excluding hydrogens is 505 g/mol. The number of carbonyl (C=O) groups is 1. The van der Waals surface area contributed by atoms with Crippen LogP contribution in [0.1, 0.15) is 104 Å². The van der Waals surface area contributed by atoms with Gasteiger partial charge in [-0.1, -0.05) is 105 Å². The van der Waals surface area contributed by atoms with Gasteiger partial charge in [0, 0.05) is 11.5 Å². The summed E-state index contributed by atoms with van der Waals surface area (Å²) in [4.78, 5) is 12.7. The van der Waals surface area contributed by atoms with Crippen LogP contribution in [-0.4, -0.2) is 29.5 Å². The Kier molecular flexibility index (Phi) is 15.4. The quantitative estimate of drug-likeness (QED) is 0.0686. The van der Waals surface area contributed by atoms with Crippen molar-refractivity contribution in [1.29, 1.82) is 0 Å². The summed E-state index contributed by atoms with van der Waals surface area (Å²) in [7, 11) is -4.02. The molecule has 0 heterocycles. The Morgan fingerprint density at radius 1 is 0.974 bits per heavy atom. The minimum Gasteiger partial charge on any atom is -0.489 e. The number of aldehydes is 1. The first-order valence-electron chi connectivity index (χ1n) is 15.1. The van der Waals surface area contributed by atoms with Gasteiger partial charge in [-0.25, -0.2) is 0 Å². The minimum absolute atomic E-state index is 0.110. The SMILES string of the molecule is C=CCOc1cccc(CO[Si](C)(C)C(C)(C)C)c1[C@@H](O[Si](CC)(CC)CC)[C@H](C=O)CCCCCCC. The molecule has 0 spiro atoms. The molecule has 4 nitrogen and oxygen atoms in total. The highest BCUT2D eigenvalue weighted by molar-refractivity contribution is 6.74. The first-order valence-corrected chi connectivity index (χ1v) is 20.5. The maximum Gasteiger partial charge on any atom is 0.192 e. The van der Waals surface area contributed by atoms with E-state index < -0.39 is 16.6 Å². The van der Waals surface area contributed by atoms with E-state index in [9.17, 15) is 4.79 Å². The molecule has 2 atom stereocenters. The summed E-state index contributed by atoms with van der Waals surface area (Å²) < 4.78 is 20.2. The van der Waals surface area contributed by atoms with Crippen molar-refractivity contribution in [1.82, 2.24) is 0 Å². The van der Waals surface area contributed by atoms with Crippen LogP contribution in [0.2, 0.25) is 36.3 Å². The highest BCUT2D eigenvalue weighted by Gasteiger charge is 2.40. The molecule has 0 fully saturated rings. The van der Waals surface area contributed by atoms with Crippen molar-refractivity contribution < 1.29 is 18.4 Å². The third-order valence-corrected chi connectivity index (χ3v) is 17.8. The number of ether oxygens (including phenoxy) is 1. The minimum atomic E-state index is -2.04. The van der Waals surface area contributed by atoms with Gasteiger partial charge in [-0.05, 0) is 54.3 Å². The van der Waals surface area contributed by atoms with Crippen molar-refractivity contribution in [2.75, 3.05) is 6.61 Å². The van der Waals surface area contributed by atoms with Gasteiger partial charge in [0.2, 0.25) is 0 Å². The second-order valence-corrected chi connectivity index (χ2v) is 21.8. The lowest BCUT2D eigenvalue weighted by Crippen LogP contribution is -2.41. The molecule has 0 aliphatic rings. The lowest BCUT2D eigenvalue weighted by atomic mass is 9.89. The Morgan fingerprint density at radius 2 is 1.61 bits per heavy atom. The maximum atomic E-state index is 12.7. The predicted molar refractivity (Wildman–Crippen MR) is 168 cm³/mol. The largest absolute Gasteiger partial charge is 0.489 e. The van der Waals surface area contributed by atoms with E-state index in [1.54, 1.807) is 6.08 Å². The second-order valence-electron chi connectivity index (χ2n) is 12.3. The average Bonchev–Trinajstić information content (AvgIpc) is 2.89.